The third-order valence-electron chi connectivity index (χ3n) is 6.08. The summed E-state index contributed by atoms with van der Waals surface area (Å²) in [6.45, 7) is 3.33. The Morgan fingerprint density at radius 1 is 1.20 bits per heavy atom. The van der Waals surface area contributed by atoms with Crippen LogP contribution in [0.1, 0.15) is 42.9 Å². The number of nitrogens with zero attached hydrogens (tertiary/aromatic N) is 2. The zero-order valence-electron chi connectivity index (χ0n) is 17.1. The molecule has 0 aromatic heterocycles. The third-order valence-corrected chi connectivity index (χ3v) is 6.08. The molecule has 30 heavy (non-hydrogen) atoms. The summed E-state index contributed by atoms with van der Waals surface area (Å²) < 4.78 is 28.3. The van der Waals surface area contributed by atoms with E-state index in [0.717, 1.165) is 11.6 Å². The molecule has 1 heterocycles. The van der Waals surface area contributed by atoms with Crippen LogP contribution in [-0.4, -0.2) is 35.3 Å². The van der Waals surface area contributed by atoms with Gasteiger partial charge in [-0.2, -0.15) is 5.26 Å². The van der Waals surface area contributed by atoms with Gasteiger partial charge in [-0.1, -0.05) is 44.2 Å². The van der Waals surface area contributed by atoms with E-state index in [4.69, 9.17) is 0 Å². The molecule has 5 nitrogen and oxygen atoms in total. The molecule has 1 fully saturated rings. The Morgan fingerprint density at radius 3 is 2.47 bits per heavy atom. The molecule has 3 rings (SSSR count). The standard InChI is InChI=1S/C23H23F2N3O2/c1-4-23(12-15-8-6-5-7-9-15)22(30)27-20(21(29)28(23)3)14(2)18-16(13-26)10-11-17(24)19(18)25/h5-11,14,20H,4,12H2,1-3H3,(H,27,30). The van der Waals surface area contributed by atoms with Crippen LogP contribution in [0, 0.1) is 23.0 Å². The number of carbonyl (C=O) groups is 2. The number of nitrogens with one attached hydrogen (secondary N) is 1. The number of hydrogen-bond acceptors (Lipinski definition) is 3. The number of halogens is 2. The van der Waals surface area contributed by atoms with Crippen molar-refractivity contribution in [3.05, 3.63) is 70.8 Å². The largest absolute Gasteiger partial charge is 0.342 e. The number of nitriles is 1. The van der Waals surface area contributed by atoms with Gasteiger partial charge in [0.2, 0.25) is 11.8 Å². The molecule has 0 radical (unpaired) electrons. The summed E-state index contributed by atoms with van der Waals surface area (Å²) in [5.41, 5.74) is -0.462. The molecule has 0 saturated carbocycles. The van der Waals surface area contributed by atoms with Crippen molar-refractivity contribution in [2.75, 3.05) is 7.05 Å². The van der Waals surface area contributed by atoms with Crippen LogP contribution in [-0.2, 0) is 16.0 Å². The Kier molecular flexibility index (Phi) is 5.88. The topological polar surface area (TPSA) is 73.2 Å². The second-order valence-electron chi connectivity index (χ2n) is 7.62. The van der Waals surface area contributed by atoms with E-state index in [9.17, 15) is 23.6 Å². The summed E-state index contributed by atoms with van der Waals surface area (Å²) in [6, 6.07) is 12.2. The van der Waals surface area contributed by atoms with Crippen molar-refractivity contribution in [1.82, 2.24) is 10.2 Å². The van der Waals surface area contributed by atoms with E-state index in [-0.39, 0.29) is 17.0 Å². The lowest BCUT2D eigenvalue weighted by molar-refractivity contribution is -0.156. The summed E-state index contributed by atoms with van der Waals surface area (Å²) in [5.74, 6) is -3.98. The van der Waals surface area contributed by atoms with Gasteiger partial charge >= 0.3 is 0 Å². The Balaban J connectivity index is 1.97. The summed E-state index contributed by atoms with van der Waals surface area (Å²) in [5, 5.41) is 12.0. The van der Waals surface area contributed by atoms with Gasteiger partial charge in [0.1, 0.15) is 11.6 Å². The number of carbonyl (C=O) groups excluding carboxylic acids is 2. The zero-order valence-corrected chi connectivity index (χ0v) is 17.1. The Morgan fingerprint density at radius 2 is 1.87 bits per heavy atom. The van der Waals surface area contributed by atoms with Crippen LogP contribution >= 0.6 is 0 Å². The fraction of sp³-hybridized carbons (Fsp3) is 0.348. The average molecular weight is 411 g/mol. The summed E-state index contributed by atoms with van der Waals surface area (Å²) in [4.78, 5) is 27.9. The van der Waals surface area contributed by atoms with Crippen molar-refractivity contribution >= 4 is 11.8 Å². The molecule has 1 aliphatic heterocycles. The first-order chi connectivity index (χ1) is 14.3. The predicted octanol–water partition coefficient (Wildman–Crippen LogP) is 3.29. The van der Waals surface area contributed by atoms with Crippen molar-refractivity contribution in [3.63, 3.8) is 0 Å². The van der Waals surface area contributed by atoms with Crippen LogP contribution in [0.15, 0.2) is 42.5 Å². The molecule has 3 atom stereocenters. The van der Waals surface area contributed by atoms with E-state index < -0.39 is 35.0 Å². The van der Waals surface area contributed by atoms with Crippen molar-refractivity contribution in [2.45, 2.75) is 44.2 Å². The summed E-state index contributed by atoms with van der Waals surface area (Å²) in [6.07, 6.45) is 0.714. The number of piperazine rings is 1. The SMILES string of the molecule is CCC1(Cc2ccccc2)C(=O)NC(C(C)c2c(C#N)ccc(F)c2F)C(=O)N1C. The number of hydrogen-bond donors (Lipinski definition) is 1. The lowest BCUT2D eigenvalue weighted by atomic mass is 9.80. The molecule has 7 heteroatoms. The lowest BCUT2D eigenvalue weighted by Crippen LogP contribution is -2.71. The molecular formula is C23H23F2N3O2. The van der Waals surface area contributed by atoms with Crippen LogP contribution in [0.25, 0.3) is 0 Å². The summed E-state index contributed by atoms with van der Waals surface area (Å²) in [7, 11) is 1.56. The predicted molar refractivity (Wildman–Crippen MR) is 107 cm³/mol. The van der Waals surface area contributed by atoms with E-state index >= 15 is 0 Å². The van der Waals surface area contributed by atoms with Crippen LogP contribution < -0.4 is 5.32 Å². The van der Waals surface area contributed by atoms with E-state index in [1.54, 1.807) is 7.05 Å². The summed E-state index contributed by atoms with van der Waals surface area (Å²) >= 11 is 0. The van der Waals surface area contributed by atoms with E-state index in [2.05, 4.69) is 5.32 Å². The Bertz CT molecular complexity index is 1020. The quantitative estimate of drug-likeness (QED) is 0.821. The molecule has 2 amide bonds. The highest BCUT2D eigenvalue weighted by Gasteiger charge is 2.51. The van der Waals surface area contributed by atoms with Crippen molar-refractivity contribution in [1.29, 1.82) is 5.26 Å². The van der Waals surface area contributed by atoms with Gasteiger partial charge in [-0.05, 0) is 24.1 Å². The number of benzene rings is 2. The van der Waals surface area contributed by atoms with Gasteiger partial charge in [-0.3, -0.25) is 9.59 Å². The minimum absolute atomic E-state index is 0.0669. The highest BCUT2D eigenvalue weighted by molar-refractivity contribution is 6.00. The van der Waals surface area contributed by atoms with Gasteiger partial charge in [-0.25, -0.2) is 8.78 Å². The van der Waals surface area contributed by atoms with Crippen molar-refractivity contribution < 1.29 is 18.4 Å². The molecule has 0 spiro atoms. The first-order valence-corrected chi connectivity index (χ1v) is 9.77. The van der Waals surface area contributed by atoms with Crippen LogP contribution in [0.2, 0.25) is 0 Å². The molecular weight excluding hydrogens is 388 g/mol. The fourth-order valence-electron chi connectivity index (χ4n) is 4.18. The Hall–Kier alpha value is -3.27. The Labute approximate surface area is 174 Å². The smallest absolute Gasteiger partial charge is 0.246 e. The van der Waals surface area contributed by atoms with Crippen LogP contribution in [0.4, 0.5) is 8.78 Å². The van der Waals surface area contributed by atoms with Crippen LogP contribution in [0.3, 0.4) is 0 Å². The molecule has 1 N–H and O–H groups in total. The highest BCUT2D eigenvalue weighted by Crippen LogP contribution is 2.34. The van der Waals surface area contributed by atoms with Gasteiger partial charge in [0.15, 0.2) is 11.6 Å². The molecule has 1 saturated heterocycles. The van der Waals surface area contributed by atoms with Gasteiger partial charge in [0.25, 0.3) is 0 Å². The number of amides is 2. The monoisotopic (exact) mass is 411 g/mol. The minimum atomic E-state index is -1.18. The highest BCUT2D eigenvalue weighted by atomic mass is 19.2. The maximum absolute atomic E-state index is 14.5. The normalized spacial score (nSPS) is 22.4. The number of rotatable bonds is 5. The molecule has 2 aromatic rings. The molecule has 3 unspecified atom stereocenters. The minimum Gasteiger partial charge on any atom is -0.342 e. The van der Waals surface area contributed by atoms with E-state index in [1.807, 2.05) is 43.3 Å². The van der Waals surface area contributed by atoms with Gasteiger partial charge in [0, 0.05) is 24.9 Å². The van der Waals surface area contributed by atoms with Gasteiger partial charge < -0.3 is 10.2 Å². The second-order valence-corrected chi connectivity index (χ2v) is 7.62. The second kappa shape index (κ2) is 8.23. The molecule has 156 valence electrons. The lowest BCUT2D eigenvalue weighted by Gasteiger charge is -2.47. The van der Waals surface area contributed by atoms with Crippen molar-refractivity contribution in [2.24, 2.45) is 0 Å². The average Bonchev–Trinajstić information content (AvgIpc) is 2.75. The van der Waals surface area contributed by atoms with E-state index in [1.165, 1.54) is 17.9 Å². The maximum atomic E-state index is 14.5. The molecule has 0 bridgehead atoms. The first-order valence-electron chi connectivity index (χ1n) is 9.77. The first kappa shape index (κ1) is 21.4. The molecule has 2 aromatic carbocycles. The third kappa shape index (κ3) is 3.43. The zero-order chi connectivity index (χ0) is 22.1. The maximum Gasteiger partial charge on any atom is 0.246 e. The van der Waals surface area contributed by atoms with Gasteiger partial charge in [-0.15, -0.1) is 0 Å². The molecule has 1 aliphatic rings. The number of likely N-dealkylation sites (N-methyl/N-ethyl adjacent to an activating group) is 1. The fourth-order valence-corrected chi connectivity index (χ4v) is 4.18. The van der Waals surface area contributed by atoms with E-state index in [0.29, 0.717) is 12.8 Å². The van der Waals surface area contributed by atoms with Gasteiger partial charge in [0.05, 0.1) is 11.6 Å². The van der Waals surface area contributed by atoms with Crippen molar-refractivity contribution in [3.8, 4) is 6.07 Å². The van der Waals surface area contributed by atoms with Crippen LogP contribution in [0.5, 0.6) is 0 Å². The molecule has 0 aliphatic carbocycles.